The monoisotopic (exact) mass is 277 g/mol. The minimum absolute atomic E-state index is 0.0141. The van der Waals surface area contributed by atoms with Gasteiger partial charge in [0.25, 0.3) is 0 Å². The molecule has 0 aromatic heterocycles. The van der Waals surface area contributed by atoms with Crippen molar-refractivity contribution >= 4 is 11.7 Å². The van der Waals surface area contributed by atoms with E-state index in [-0.39, 0.29) is 24.7 Å². The number of methoxy groups -OCH3 is 1. The van der Waals surface area contributed by atoms with Crippen LogP contribution in [0.1, 0.15) is 36.5 Å². The maximum atomic E-state index is 11.5. The highest BCUT2D eigenvalue weighted by atomic mass is 16.5. The Morgan fingerprint density at radius 2 is 2.10 bits per heavy atom. The van der Waals surface area contributed by atoms with E-state index < -0.39 is 0 Å². The molecular formula is C15H19NO4. The fourth-order valence-electron chi connectivity index (χ4n) is 1.82. The summed E-state index contributed by atoms with van der Waals surface area (Å²) in [7, 11) is 1.55. The summed E-state index contributed by atoms with van der Waals surface area (Å²) in [4.78, 5) is 23.1. The van der Waals surface area contributed by atoms with Gasteiger partial charge in [-0.15, -0.1) is 0 Å². The van der Waals surface area contributed by atoms with E-state index in [2.05, 4.69) is 5.32 Å². The van der Waals surface area contributed by atoms with Crippen molar-refractivity contribution in [1.82, 2.24) is 5.32 Å². The summed E-state index contributed by atoms with van der Waals surface area (Å²) in [6.07, 6.45) is 2.42. The summed E-state index contributed by atoms with van der Waals surface area (Å²) >= 11 is 0. The first-order chi connectivity index (χ1) is 9.60. The van der Waals surface area contributed by atoms with E-state index >= 15 is 0 Å². The fraction of sp³-hybridized carbons (Fsp3) is 0.467. The maximum Gasteiger partial charge on any atom is 0.223 e. The van der Waals surface area contributed by atoms with E-state index in [1.54, 1.807) is 25.3 Å². The van der Waals surface area contributed by atoms with E-state index in [1.807, 2.05) is 0 Å². The predicted molar refractivity (Wildman–Crippen MR) is 74.3 cm³/mol. The van der Waals surface area contributed by atoms with E-state index in [1.165, 1.54) is 6.92 Å². The smallest absolute Gasteiger partial charge is 0.223 e. The number of ketones is 1. The zero-order valence-corrected chi connectivity index (χ0v) is 11.8. The Bertz CT molecular complexity index is 509. The predicted octanol–water partition coefficient (Wildman–Crippen LogP) is 1.95. The van der Waals surface area contributed by atoms with Gasteiger partial charge in [-0.3, -0.25) is 9.59 Å². The molecule has 0 saturated heterocycles. The first-order valence-corrected chi connectivity index (χ1v) is 6.71. The topological polar surface area (TPSA) is 64.6 Å². The largest absolute Gasteiger partial charge is 0.497 e. The number of rotatable bonds is 7. The van der Waals surface area contributed by atoms with Crippen LogP contribution in [0, 0.1) is 0 Å². The minimum atomic E-state index is -0.0786. The first-order valence-electron chi connectivity index (χ1n) is 6.71. The third kappa shape index (κ3) is 3.98. The molecule has 1 aliphatic rings. The normalized spacial score (nSPS) is 13.7. The number of hydrogen-bond acceptors (Lipinski definition) is 4. The Labute approximate surface area is 118 Å². The van der Waals surface area contributed by atoms with Crippen LogP contribution < -0.4 is 14.8 Å². The molecule has 1 aromatic rings. The lowest BCUT2D eigenvalue weighted by Gasteiger charge is -2.11. The highest BCUT2D eigenvalue weighted by Crippen LogP contribution is 2.25. The van der Waals surface area contributed by atoms with Crippen molar-refractivity contribution in [2.45, 2.75) is 32.2 Å². The van der Waals surface area contributed by atoms with Crippen molar-refractivity contribution in [1.29, 1.82) is 0 Å². The van der Waals surface area contributed by atoms with Crippen molar-refractivity contribution in [3.8, 4) is 11.5 Å². The van der Waals surface area contributed by atoms with Gasteiger partial charge in [-0.2, -0.15) is 0 Å². The van der Waals surface area contributed by atoms with Crippen molar-refractivity contribution in [3.05, 3.63) is 23.8 Å². The molecule has 0 radical (unpaired) electrons. The van der Waals surface area contributed by atoms with Gasteiger partial charge in [0.1, 0.15) is 11.5 Å². The van der Waals surface area contributed by atoms with Crippen LogP contribution in [-0.2, 0) is 4.79 Å². The average molecular weight is 277 g/mol. The molecule has 1 amide bonds. The molecule has 108 valence electrons. The summed E-state index contributed by atoms with van der Waals surface area (Å²) < 4.78 is 10.7. The standard InChI is InChI=1S/C15H19NO4/c1-10(17)13-6-5-12(19-2)9-14(13)20-8-7-15(18)16-11-3-4-11/h5-6,9,11H,3-4,7-8H2,1-2H3,(H,16,18). The van der Waals surface area contributed by atoms with Crippen LogP contribution in [0.4, 0.5) is 0 Å². The Balaban J connectivity index is 1.92. The molecule has 0 aliphatic heterocycles. The molecule has 1 aromatic carbocycles. The minimum Gasteiger partial charge on any atom is -0.497 e. The average Bonchev–Trinajstić information content (AvgIpc) is 3.22. The third-order valence-corrected chi connectivity index (χ3v) is 3.10. The van der Waals surface area contributed by atoms with Crippen LogP contribution in [0.5, 0.6) is 11.5 Å². The Kier molecular flexibility index (Phi) is 4.61. The molecule has 0 unspecified atom stereocenters. The van der Waals surface area contributed by atoms with Gasteiger partial charge < -0.3 is 14.8 Å². The molecule has 2 rings (SSSR count). The molecule has 0 bridgehead atoms. The van der Waals surface area contributed by atoms with Crippen molar-refractivity contribution in [3.63, 3.8) is 0 Å². The zero-order valence-electron chi connectivity index (χ0n) is 11.8. The molecule has 1 N–H and O–H groups in total. The Hall–Kier alpha value is -2.04. The number of nitrogens with one attached hydrogen (secondary N) is 1. The zero-order chi connectivity index (χ0) is 14.5. The summed E-state index contributed by atoms with van der Waals surface area (Å²) in [5.74, 6) is 0.980. The van der Waals surface area contributed by atoms with Crippen LogP contribution in [-0.4, -0.2) is 31.4 Å². The van der Waals surface area contributed by atoms with Gasteiger partial charge in [0, 0.05) is 12.1 Å². The summed E-state index contributed by atoms with van der Waals surface area (Å²) in [5, 5.41) is 2.89. The van der Waals surface area contributed by atoms with Gasteiger partial charge >= 0.3 is 0 Å². The molecule has 0 heterocycles. The van der Waals surface area contributed by atoms with Crippen LogP contribution >= 0.6 is 0 Å². The highest BCUT2D eigenvalue weighted by Gasteiger charge is 2.23. The van der Waals surface area contributed by atoms with E-state index in [4.69, 9.17) is 9.47 Å². The van der Waals surface area contributed by atoms with Gasteiger partial charge in [0.2, 0.25) is 5.91 Å². The molecular weight excluding hydrogens is 258 g/mol. The number of amides is 1. The molecule has 5 heteroatoms. The fourth-order valence-corrected chi connectivity index (χ4v) is 1.82. The van der Waals surface area contributed by atoms with Crippen molar-refractivity contribution in [2.75, 3.05) is 13.7 Å². The number of carbonyl (C=O) groups excluding carboxylic acids is 2. The lowest BCUT2D eigenvalue weighted by atomic mass is 10.1. The SMILES string of the molecule is COc1ccc(C(C)=O)c(OCCC(=O)NC2CC2)c1. The van der Waals surface area contributed by atoms with Gasteiger partial charge in [-0.25, -0.2) is 0 Å². The molecule has 20 heavy (non-hydrogen) atoms. The number of hydrogen-bond donors (Lipinski definition) is 1. The van der Waals surface area contributed by atoms with Crippen LogP contribution in [0.3, 0.4) is 0 Å². The van der Waals surface area contributed by atoms with Crippen LogP contribution in [0.15, 0.2) is 18.2 Å². The molecule has 5 nitrogen and oxygen atoms in total. The van der Waals surface area contributed by atoms with Crippen LogP contribution in [0.25, 0.3) is 0 Å². The molecule has 1 aliphatic carbocycles. The summed E-state index contributed by atoms with van der Waals surface area (Å²) in [6.45, 7) is 1.72. The second-order valence-corrected chi connectivity index (χ2v) is 4.86. The third-order valence-electron chi connectivity index (χ3n) is 3.10. The van der Waals surface area contributed by atoms with Gasteiger partial charge in [-0.1, -0.05) is 0 Å². The number of benzene rings is 1. The number of Topliss-reactive ketones (excluding diaryl/α,β-unsaturated/α-hetero) is 1. The molecule has 1 fully saturated rings. The Morgan fingerprint density at radius 3 is 2.70 bits per heavy atom. The van der Waals surface area contributed by atoms with E-state index in [0.29, 0.717) is 23.1 Å². The van der Waals surface area contributed by atoms with Gasteiger partial charge in [0.15, 0.2) is 5.78 Å². The second-order valence-electron chi connectivity index (χ2n) is 4.86. The molecule has 0 atom stereocenters. The quantitative estimate of drug-likeness (QED) is 0.774. The highest BCUT2D eigenvalue weighted by molar-refractivity contribution is 5.97. The maximum absolute atomic E-state index is 11.5. The summed E-state index contributed by atoms with van der Waals surface area (Å²) in [5.41, 5.74) is 0.494. The van der Waals surface area contributed by atoms with Crippen molar-refractivity contribution < 1.29 is 19.1 Å². The molecule has 0 spiro atoms. The number of carbonyl (C=O) groups is 2. The second kappa shape index (κ2) is 6.41. The lowest BCUT2D eigenvalue weighted by Crippen LogP contribution is -2.26. The molecule has 1 saturated carbocycles. The Morgan fingerprint density at radius 1 is 1.35 bits per heavy atom. The lowest BCUT2D eigenvalue weighted by molar-refractivity contribution is -0.121. The van der Waals surface area contributed by atoms with E-state index in [9.17, 15) is 9.59 Å². The first kappa shape index (κ1) is 14.4. The van der Waals surface area contributed by atoms with E-state index in [0.717, 1.165) is 12.8 Å². The summed E-state index contributed by atoms with van der Waals surface area (Å²) in [6, 6.07) is 5.40. The van der Waals surface area contributed by atoms with Gasteiger partial charge in [-0.05, 0) is 31.9 Å². The van der Waals surface area contributed by atoms with Crippen LogP contribution in [0.2, 0.25) is 0 Å². The van der Waals surface area contributed by atoms with Crippen molar-refractivity contribution in [2.24, 2.45) is 0 Å². The van der Waals surface area contributed by atoms with Gasteiger partial charge in [0.05, 0.1) is 25.7 Å². The number of ether oxygens (including phenoxy) is 2.